The summed E-state index contributed by atoms with van der Waals surface area (Å²) in [5, 5.41) is 2.76. The molecule has 6 heteroatoms. The molecule has 0 bridgehead atoms. The van der Waals surface area contributed by atoms with Gasteiger partial charge in [0.15, 0.2) is 0 Å². The fourth-order valence-corrected chi connectivity index (χ4v) is 2.17. The molecule has 1 aromatic rings. The van der Waals surface area contributed by atoms with Crippen LogP contribution in [0.4, 0.5) is 5.69 Å². The standard InChI is InChI=1S/C16H23N3O3/c1-11(2)14(17)15(20)18-13-5-3-12(4-6-13)16(21)19-7-9-22-10-8-19/h3-6,11,14H,7-10,17H2,1-2H3,(H,18,20)/t14-/m0/s1. The Balaban J connectivity index is 1.98. The van der Waals surface area contributed by atoms with E-state index in [1.807, 2.05) is 13.8 Å². The van der Waals surface area contributed by atoms with E-state index in [1.54, 1.807) is 29.2 Å². The number of hydrogen-bond acceptors (Lipinski definition) is 4. The van der Waals surface area contributed by atoms with Gasteiger partial charge in [0.05, 0.1) is 19.3 Å². The third-order valence-corrected chi connectivity index (χ3v) is 3.72. The highest BCUT2D eigenvalue weighted by Crippen LogP contribution is 2.13. The number of morpholine rings is 1. The number of nitrogens with two attached hydrogens (primary N) is 1. The number of anilines is 1. The molecular formula is C16H23N3O3. The maximum Gasteiger partial charge on any atom is 0.254 e. The minimum Gasteiger partial charge on any atom is -0.378 e. The van der Waals surface area contributed by atoms with E-state index in [-0.39, 0.29) is 17.7 Å². The average molecular weight is 305 g/mol. The number of amides is 2. The zero-order valence-corrected chi connectivity index (χ0v) is 13.0. The first-order valence-electron chi connectivity index (χ1n) is 7.52. The third kappa shape index (κ3) is 4.05. The van der Waals surface area contributed by atoms with E-state index < -0.39 is 6.04 Å². The van der Waals surface area contributed by atoms with Gasteiger partial charge in [-0.3, -0.25) is 9.59 Å². The van der Waals surface area contributed by atoms with Crippen LogP contribution in [-0.2, 0) is 9.53 Å². The van der Waals surface area contributed by atoms with Crippen LogP contribution in [-0.4, -0.2) is 49.1 Å². The van der Waals surface area contributed by atoms with Crippen molar-refractivity contribution in [3.63, 3.8) is 0 Å². The van der Waals surface area contributed by atoms with Crippen molar-refractivity contribution in [3.05, 3.63) is 29.8 Å². The van der Waals surface area contributed by atoms with Gasteiger partial charge in [0.25, 0.3) is 5.91 Å². The molecule has 0 unspecified atom stereocenters. The summed E-state index contributed by atoms with van der Waals surface area (Å²) in [7, 11) is 0. The Morgan fingerprint density at radius 1 is 1.18 bits per heavy atom. The molecule has 1 fully saturated rings. The largest absolute Gasteiger partial charge is 0.378 e. The molecular weight excluding hydrogens is 282 g/mol. The van der Waals surface area contributed by atoms with Gasteiger partial charge in [0.2, 0.25) is 5.91 Å². The van der Waals surface area contributed by atoms with Crippen LogP contribution in [0.25, 0.3) is 0 Å². The first kappa shape index (κ1) is 16.5. The van der Waals surface area contributed by atoms with Crippen LogP contribution in [0.15, 0.2) is 24.3 Å². The highest BCUT2D eigenvalue weighted by Gasteiger charge is 2.19. The topological polar surface area (TPSA) is 84.7 Å². The molecule has 22 heavy (non-hydrogen) atoms. The van der Waals surface area contributed by atoms with Gasteiger partial charge in [-0.2, -0.15) is 0 Å². The van der Waals surface area contributed by atoms with Gasteiger partial charge < -0.3 is 20.7 Å². The number of hydrogen-bond donors (Lipinski definition) is 2. The predicted molar refractivity (Wildman–Crippen MR) is 84.6 cm³/mol. The van der Waals surface area contributed by atoms with Gasteiger partial charge in [-0.1, -0.05) is 13.8 Å². The number of benzene rings is 1. The van der Waals surface area contributed by atoms with Crippen molar-refractivity contribution in [1.29, 1.82) is 0 Å². The molecule has 1 atom stereocenters. The smallest absolute Gasteiger partial charge is 0.254 e. The molecule has 1 aromatic carbocycles. The lowest BCUT2D eigenvalue weighted by atomic mass is 10.0. The molecule has 1 saturated heterocycles. The molecule has 0 saturated carbocycles. The second-order valence-electron chi connectivity index (χ2n) is 5.74. The Kier molecular flexibility index (Phi) is 5.51. The normalized spacial score (nSPS) is 16.5. The molecule has 3 N–H and O–H groups in total. The van der Waals surface area contributed by atoms with Crippen LogP contribution in [0.3, 0.4) is 0 Å². The van der Waals surface area contributed by atoms with Crippen molar-refractivity contribution < 1.29 is 14.3 Å². The second kappa shape index (κ2) is 7.38. The SMILES string of the molecule is CC(C)[C@H](N)C(=O)Nc1ccc(C(=O)N2CCOCC2)cc1. The van der Waals surface area contributed by atoms with Gasteiger partial charge >= 0.3 is 0 Å². The second-order valence-corrected chi connectivity index (χ2v) is 5.74. The predicted octanol–water partition coefficient (Wildman–Crippen LogP) is 1.08. The minimum atomic E-state index is -0.547. The Bertz CT molecular complexity index is 522. The number of nitrogens with one attached hydrogen (secondary N) is 1. The molecule has 2 amide bonds. The monoisotopic (exact) mass is 305 g/mol. The van der Waals surface area contributed by atoms with Gasteiger partial charge in [-0.15, -0.1) is 0 Å². The van der Waals surface area contributed by atoms with Gasteiger partial charge in [0, 0.05) is 24.3 Å². The number of carbonyl (C=O) groups is 2. The lowest BCUT2D eigenvalue weighted by Gasteiger charge is -2.26. The van der Waals surface area contributed by atoms with Crippen molar-refractivity contribution >= 4 is 17.5 Å². The fourth-order valence-electron chi connectivity index (χ4n) is 2.17. The zero-order chi connectivity index (χ0) is 16.1. The van der Waals surface area contributed by atoms with Crippen molar-refractivity contribution in [2.24, 2.45) is 11.7 Å². The first-order chi connectivity index (χ1) is 10.5. The summed E-state index contributed by atoms with van der Waals surface area (Å²) in [5.74, 6) is -0.163. The third-order valence-electron chi connectivity index (χ3n) is 3.72. The highest BCUT2D eigenvalue weighted by molar-refractivity contribution is 5.97. The van der Waals surface area contributed by atoms with Gasteiger partial charge in [-0.05, 0) is 30.2 Å². The summed E-state index contributed by atoms with van der Waals surface area (Å²) in [4.78, 5) is 26.0. The molecule has 0 spiro atoms. The van der Waals surface area contributed by atoms with Crippen LogP contribution in [0, 0.1) is 5.92 Å². The van der Waals surface area contributed by atoms with Crippen LogP contribution in [0.2, 0.25) is 0 Å². The number of rotatable bonds is 4. The first-order valence-corrected chi connectivity index (χ1v) is 7.52. The number of carbonyl (C=O) groups excluding carboxylic acids is 2. The molecule has 1 aliphatic rings. The number of nitrogens with zero attached hydrogens (tertiary/aromatic N) is 1. The summed E-state index contributed by atoms with van der Waals surface area (Å²) in [6, 6.07) is 6.33. The van der Waals surface area contributed by atoms with Crippen molar-refractivity contribution in [1.82, 2.24) is 4.90 Å². The minimum absolute atomic E-state index is 0.0138. The highest BCUT2D eigenvalue weighted by atomic mass is 16.5. The van der Waals surface area contributed by atoms with Crippen molar-refractivity contribution in [2.45, 2.75) is 19.9 Å². The molecule has 0 aromatic heterocycles. The number of ether oxygens (including phenoxy) is 1. The van der Waals surface area contributed by atoms with Crippen LogP contribution >= 0.6 is 0 Å². The lowest BCUT2D eigenvalue weighted by Crippen LogP contribution is -2.40. The average Bonchev–Trinajstić information content (AvgIpc) is 2.54. The maximum absolute atomic E-state index is 12.3. The summed E-state index contributed by atoms with van der Waals surface area (Å²) in [6.45, 7) is 6.17. The van der Waals surface area contributed by atoms with Crippen LogP contribution < -0.4 is 11.1 Å². The maximum atomic E-state index is 12.3. The molecule has 0 aliphatic carbocycles. The quantitative estimate of drug-likeness (QED) is 0.872. The van der Waals surface area contributed by atoms with Crippen LogP contribution in [0.1, 0.15) is 24.2 Å². The summed E-state index contributed by atoms with van der Waals surface area (Å²) in [5.41, 5.74) is 7.04. The lowest BCUT2D eigenvalue weighted by molar-refractivity contribution is -0.118. The van der Waals surface area contributed by atoms with Crippen LogP contribution in [0.5, 0.6) is 0 Å². The van der Waals surface area contributed by atoms with E-state index in [0.717, 1.165) is 0 Å². The van der Waals surface area contributed by atoms with Crippen molar-refractivity contribution in [2.75, 3.05) is 31.6 Å². The summed E-state index contributed by atoms with van der Waals surface area (Å²) in [6.07, 6.45) is 0. The molecule has 1 aliphatic heterocycles. The Hall–Kier alpha value is -1.92. The van der Waals surface area contributed by atoms with E-state index in [4.69, 9.17) is 10.5 Å². The molecule has 1 heterocycles. The van der Waals surface area contributed by atoms with E-state index in [0.29, 0.717) is 37.6 Å². The Morgan fingerprint density at radius 3 is 2.32 bits per heavy atom. The fraction of sp³-hybridized carbons (Fsp3) is 0.500. The van der Waals surface area contributed by atoms with Gasteiger partial charge in [-0.25, -0.2) is 0 Å². The molecule has 2 rings (SSSR count). The summed E-state index contributed by atoms with van der Waals surface area (Å²) >= 11 is 0. The van der Waals surface area contributed by atoms with E-state index in [9.17, 15) is 9.59 Å². The van der Waals surface area contributed by atoms with E-state index in [2.05, 4.69) is 5.32 Å². The molecule has 0 radical (unpaired) electrons. The molecule has 6 nitrogen and oxygen atoms in total. The summed E-state index contributed by atoms with van der Waals surface area (Å²) < 4.78 is 5.24. The molecule has 120 valence electrons. The Labute approximate surface area is 130 Å². The Morgan fingerprint density at radius 2 is 1.77 bits per heavy atom. The zero-order valence-electron chi connectivity index (χ0n) is 13.0. The van der Waals surface area contributed by atoms with E-state index >= 15 is 0 Å². The van der Waals surface area contributed by atoms with Gasteiger partial charge in [0.1, 0.15) is 0 Å². The van der Waals surface area contributed by atoms with E-state index in [1.165, 1.54) is 0 Å². The van der Waals surface area contributed by atoms with Crippen molar-refractivity contribution in [3.8, 4) is 0 Å².